The van der Waals surface area contributed by atoms with Gasteiger partial charge >= 0.3 is 6.03 Å². The highest BCUT2D eigenvalue weighted by molar-refractivity contribution is 6.37. The molecule has 5 nitrogen and oxygen atoms in total. The quantitative estimate of drug-likeness (QED) is 0.700. The Kier molecular flexibility index (Phi) is 6.80. The Balaban J connectivity index is 1.81. The van der Waals surface area contributed by atoms with Crippen molar-refractivity contribution in [3.8, 4) is 0 Å². The van der Waals surface area contributed by atoms with Crippen LogP contribution in [0.15, 0.2) is 60.7 Å². The molecule has 3 amide bonds. The number of benzene rings is 2. The van der Waals surface area contributed by atoms with Crippen LogP contribution in [0.2, 0.25) is 0 Å². The summed E-state index contributed by atoms with van der Waals surface area (Å²) < 4.78 is 0. The zero-order valence-corrected chi connectivity index (χ0v) is 17.8. The molecule has 0 unspecified atom stereocenters. The molecule has 1 heterocycles. The predicted octanol–water partition coefficient (Wildman–Crippen LogP) is 3.78. The maximum Gasteiger partial charge on any atom is 0.320 e. The SMILES string of the molecule is CCN(CC)C(=O)N1CCN(C(=O)C(Cl)(c2ccccc2)c2ccccc2)CC1. The molecule has 0 saturated carbocycles. The number of amides is 3. The van der Waals surface area contributed by atoms with E-state index in [0.717, 1.165) is 11.1 Å². The van der Waals surface area contributed by atoms with E-state index < -0.39 is 4.87 Å². The summed E-state index contributed by atoms with van der Waals surface area (Å²) in [4.78, 5) is 30.3. The lowest BCUT2D eigenvalue weighted by Crippen LogP contribution is -2.56. The van der Waals surface area contributed by atoms with E-state index >= 15 is 0 Å². The monoisotopic (exact) mass is 413 g/mol. The fourth-order valence-corrected chi connectivity index (χ4v) is 4.13. The van der Waals surface area contributed by atoms with E-state index in [1.165, 1.54) is 0 Å². The van der Waals surface area contributed by atoms with Crippen LogP contribution < -0.4 is 0 Å². The molecule has 0 bridgehead atoms. The molecule has 0 atom stereocenters. The van der Waals surface area contributed by atoms with Gasteiger partial charge < -0.3 is 14.7 Å². The van der Waals surface area contributed by atoms with E-state index in [4.69, 9.17) is 11.6 Å². The highest BCUT2D eigenvalue weighted by atomic mass is 35.5. The number of urea groups is 1. The molecule has 29 heavy (non-hydrogen) atoms. The van der Waals surface area contributed by atoms with E-state index in [9.17, 15) is 9.59 Å². The first kappa shape index (κ1) is 21.2. The first-order valence-electron chi connectivity index (χ1n) is 10.2. The van der Waals surface area contributed by atoms with Crippen molar-refractivity contribution in [2.24, 2.45) is 0 Å². The first-order valence-corrected chi connectivity index (χ1v) is 10.5. The zero-order valence-electron chi connectivity index (χ0n) is 17.1. The van der Waals surface area contributed by atoms with Crippen molar-refractivity contribution >= 4 is 23.5 Å². The first-order chi connectivity index (χ1) is 14.0. The summed E-state index contributed by atoms with van der Waals surface area (Å²) >= 11 is 7.09. The minimum absolute atomic E-state index is 0.0327. The van der Waals surface area contributed by atoms with E-state index in [2.05, 4.69) is 0 Å². The van der Waals surface area contributed by atoms with Crippen molar-refractivity contribution < 1.29 is 9.59 Å². The molecule has 0 N–H and O–H groups in total. The van der Waals surface area contributed by atoms with Crippen LogP contribution in [0.1, 0.15) is 25.0 Å². The van der Waals surface area contributed by atoms with E-state index in [1.54, 1.807) is 9.80 Å². The second-order valence-electron chi connectivity index (χ2n) is 7.12. The van der Waals surface area contributed by atoms with Gasteiger partial charge in [-0.1, -0.05) is 72.3 Å². The molecule has 1 fully saturated rings. The number of alkyl halides is 1. The zero-order chi connectivity index (χ0) is 20.9. The minimum atomic E-state index is -1.28. The number of nitrogens with zero attached hydrogens (tertiary/aromatic N) is 3. The van der Waals surface area contributed by atoms with E-state index in [-0.39, 0.29) is 11.9 Å². The third kappa shape index (κ3) is 4.25. The summed E-state index contributed by atoms with van der Waals surface area (Å²) in [6.07, 6.45) is 0. The van der Waals surface area contributed by atoms with Crippen LogP contribution >= 0.6 is 11.6 Å². The number of rotatable bonds is 5. The van der Waals surface area contributed by atoms with Crippen molar-refractivity contribution in [2.45, 2.75) is 18.7 Å². The molecule has 0 spiro atoms. The Labute approximate surface area is 177 Å². The van der Waals surface area contributed by atoms with Crippen LogP contribution in [-0.2, 0) is 9.67 Å². The Morgan fingerprint density at radius 1 is 0.828 bits per heavy atom. The molecule has 2 aromatic carbocycles. The molecule has 2 aromatic rings. The molecule has 1 aliphatic heterocycles. The average molecular weight is 414 g/mol. The van der Waals surface area contributed by atoms with Crippen molar-refractivity contribution in [3.05, 3.63) is 71.8 Å². The van der Waals surface area contributed by atoms with E-state index in [1.807, 2.05) is 79.4 Å². The van der Waals surface area contributed by atoms with E-state index in [0.29, 0.717) is 39.3 Å². The summed E-state index contributed by atoms with van der Waals surface area (Å²) in [5.74, 6) is -0.147. The number of carbonyl (C=O) groups is 2. The standard InChI is InChI=1S/C23H28ClN3O2/c1-3-25(4-2)22(29)27-17-15-26(16-18-27)21(28)23(24,19-11-7-5-8-12-19)20-13-9-6-10-14-20/h5-14H,3-4,15-18H2,1-2H3. The molecule has 1 saturated heterocycles. The molecule has 0 radical (unpaired) electrons. The molecule has 1 aliphatic rings. The highest BCUT2D eigenvalue weighted by Crippen LogP contribution is 2.38. The van der Waals surface area contributed by atoms with Gasteiger partial charge in [0.05, 0.1) is 0 Å². The lowest BCUT2D eigenvalue weighted by atomic mass is 9.88. The topological polar surface area (TPSA) is 43.9 Å². The van der Waals surface area contributed by atoms with Gasteiger partial charge in [0.25, 0.3) is 5.91 Å². The highest BCUT2D eigenvalue weighted by Gasteiger charge is 2.43. The maximum atomic E-state index is 13.6. The van der Waals surface area contributed by atoms with Crippen LogP contribution in [0, 0.1) is 0 Å². The molecule has 0 aliphatic carbocycles. The molecular formula is C23H28ClN3O2. The molecule has 3 rings (SSSR count). The average Bonchev–Trinajstić information content (AvgIpc) is 2.80. The van der Waals surface area contributed by atoms with Crippen molar-refractivity contribution in [1.82, 2.24) is 14.7 Å². The fraction of sp³-hybridized carbons (Fsp3) is 0.391. The Hall–Kier alpha value is -2.53. The minimum Gasteiger partial charge on any atom is -0.337 e. The smallest absolute Gasteiger partial charge is 0.320 e. The lowest BCUT2D eigenvalue weighted by molar-refractivity contribution is -0.134. The molecule has 154 valence electrons. The summed E-state index contributed by atoms with van der Waals surface area (Å²) in [7, 11) is 0. The van der Waals surface area contributed by atoms with Crippen LogP contribution in [0.4, 0.5) is 4.79 Å². The summed E-state index contributed by atoms with van der Waals surface area (Å²) in [6, 6.07) is 19.0. The fourth-order valence-electron chi connectivity index (χ4n) is 3.76. The van der Waals surface area contributed by atoms with Crippen LogP contribution in [0.3, 0.4) is 0 Å². The van der Waals surface area contributed by atoms with Crippen LogP contribution in [-0.4, -0.2) is 65.9 Å². The van der Waals surface area contributed by atoms with Crippen LogP contribution in [0.25, 0.3) is 0 Å². The Morgan fingerprint density at radius 3 is 1.66 bits per heavy atom. The van der Waals surface area contributed by atoms with Crippen molar-refractivity contribution in [3.63, 3.8) is 0 Å². The Morgan fingerprint density at radius 2 is 1.24 bits per heavy atom. The lowest BCUT2D eigenvalue weighted by Gasteiger charge is -2.40. The van der Waals surface area contributed by atoms with Gasteiger partial charge in [-0.3, -0.25) is 4.79 Å². The third-order valence-electron chi connectivity index (χ3n) is 5.51. The van der Waals surface area contributed by atoms with Gasteiger partial charge in [0.2, 0.25) is 0 Å². The number of hydrogen-bond donors (Lipinski definition) is 0. The van der Waals surface area contributed by atoms with Gasteiger partial charge in [0.1, 0.15) is 0 Å². The number of hydrogen-bond acceptors (Lipinski definition) is 2. The molecule has 0 aromatic heterocycles. The molecular weight excluding hydrogens is 386 g/mol. The van der Waals surface area contributed by atoms with Gasteiger partial charge in [-0.25, -0.2) is 4.79 Å². The number of piperazine rings is 1. The van der Waals surface area contributed by atoms with Crippen molar-refractivity contribution in [1.29, 1.82) is 0 Å². The van der Waals surface area contributed by atoms with Gasteiger partial charge in [0.15, 0.2) is 4.87 Å². The third-order valence-corrected chi connectivity index (χ3v) is 6.11. The second-order valence-corrected chi connectivity index (χ2v) is 7.69. The summed E-state index contributed by atoms with van der Waals surface area (Å²) in [5, 5.41) is 0. The maximum absolute atomic E-state index is 13.6. The summed E-state index contributed by atoms with van der Waals surface area (Å²) in [5.41, 5.74) is 1.50. The van der Waals surface area contributed by atoms with Gasteiger partial charge in [-0.05, 0) is 25.0 Å². The largest absolute Gasteiger partial charge is 0.337 e. The molecule has 6 heteroatoms. The second kappa shape index (κ2) is 9.31. The normalized spacial score (nSPS) is 14.6. The summed E-state index contributed by atoms with van der Waals surface area (Å²) in [6.45, 7) is 7.28. The van der Waals surface area contributed by atoms with Gasteiger partial charge in [0, 0.05) is 39.3 Å². The predicted molar refractivity (Wildman–Crippen MR) is 116 cm³/mol. The number of carbonyl (C=O) groups excluding carboxylic acids is 2. The van der Waals surface area contributed by atoms with Crippen LogP contribution in [0.5, 0.6) is 0 Å². The Bertz CT molecular complexity index is 777. The van der Waals surface area contributed by atoms with Gasteiger partial charge in [-0.15, -0.1) is 0 Å². The van der Waals surface area contributed by atoms with Crippen molar-refractivity contribution in [2.75, 3.05) is 39.3 Å². The van der Waals surface area contributed by atoms with Gasteiger partial charge in [-0.2, -0.15) is 0 Å². The number of halogens is 1.